The van der Waals surface area contributed by atoms with Crippen LogP contribution in [0.5, 0.6) is 0 Å². The minimum Gasteiger partial charge on any atom is -0.367 e. The number of rotatable bonds is 8. The summed E-state index contributed by atoms with van der Waals surface area (Å²) < 4.78 is 0. The maximum absolute atomic E-state index is 13.3. The first kappa shape index (κ1) is 25.8. The van der Waals surface area contributed by atoms with Crippen LogP contribution in [0.2, 0.25) is 0 Å². The van der Waals surface area contributed by atoms with Gasteiger partial charge in [-0.2, -0.15) is 0 Å². The van der Waals surface area contributed by atoms with Gasteiger partial charge >= 0.3 is 0 Å². The number of hydrogen-bond donors (Lipinski definition) is 4. The molecule has 0 atom stereocenters. The number of pyridine rings is 2. The molecule has 4 N–H and O–H groups in total. The Morgan fingerprint density at radius 1 is 1.11 bits per heavy atom. The van der Waals surface area contributed by atoms with Gasteiger partial charge in [-0.15, -0.1) is 8.86 Å². The zero-order valence-electron chi connectivity index (χ0n) is 20.5. The van der Waals surface area contributed by atoms with E-state index in [0.717, 1.165) is 16.8 Å². The lowest BCUT2D eigenvalue weighted by atomic mass is 10.0. The summed E-state index contributed by atoms with van der Waals surface area (Å²) in [7, 11) is 5.01. The van der Waals surface area contributed by atoms with Crippen LogP contribution in [0, 0.1) is 13.8 Å². The monoisotopic (exact) mass is 491 g/mol. The second-order valence-electron chi connectivity index (χ2n) is 8.54. The highest BCUT2D eigenvalue weighted by Crippen LogP contribution is 2.26. The van der Waals surface area contributed by atoms with Gasteiger partial charge in [0.1, 0.15) is 5.82 Å². The molecule has 3 aromatic rings. The van der Waals surface area contributed by atoms with Crippen LogP contribution in [0.15, 0.2) is 41.2 Å². The van der Waals surface area contributed by atoms with E-state index >= 15 is 0 Å². The maximum atomic E-state index is 13.3. The molecule has 35 heavy (non-hydrogen) atoms. The van der Waals surface area contributed by atoms with Crippen molar-refractivity contribution in [1.29, 1.82) is 0 Å². The topological polar surface area (TPSA) is 116 Å². The lowest BCUT2D eigenvalue weighted by Gasteiger charge is -2.17. The van der Waals surface area contributed by atoms with Gasteiger partial charge in [-0.05, 0) is 63.3 Å². The van der Waals surface area contributed by atoms with E-state index in [0.29, 0.717) is 33.8 Å². The van der Waals surface area contributed by atoms with Gasteiger partial charge in [0.15, 0.2) is 0 Å². The number of nitrogens with zero attached hydrogens (tertiary/aromatic N) is 1. The van der Waals surface area contributed by atoms with Crippen molar-refractivity contribution in [2.75, 3.05) is 12.4 Å². The number of aryl methyl sites for hydroxylation is 2. The summed E-state index contributed by atoms with van der Waals surface area (Å²) in [6, 6.07) is 10.7. The largest absolute Gasteiger partial charge is 0.367 e. The molecule has 3 rings (SSSR count). The van der Waals surface area contributed by atoms with Crippen molar-refractivity contribution >= 4 is 32.3 Å². The van der Waals surface area contributed by atoms with Gasteiger partial charge in [-0.1, -0.05) is 12.1 Å². The molecule has 0 unspecified atom stereocenters. The number of carbonyl (C=O) groups is 2. The zero-order valence-corrected chi connectivity index (χ0v) is 21.5. The normalized spacial score (nSPS) is 10.7. The van der Waals surface area contributed by atoms with Crippen molar-refractivity contribution in [2.45, 2.75) is 40.3 Å². The molecule has 1 aromatic carbocycles. The SMILES string of the molecule is CNC(=O)c1ccc(-c2cc(C(=O)NCc3c(C)cc(C)[nH]c3=O)c(C=P)c(NC(C)C)n2)cc1. The van der Waals surface area contributed by atoms with E-state index in [1.54, 1.807) is 43.2 Å². The molecule has 0 bridgehead atoms. The van der Waals surface area contributed by atoms with Gasteiger partial charge in [0.2, 0.25) is 0 Å². The molecular weight excluding hydrogens is 461 g/mol. The number of anilines is 1. The molecule has 0 aliphatic carbocycles. The Morgan fingerprint density at radius 3 is 2.37 bits per heavy atom. The van der Waals surface area contributed by atoms with Gasteiger partial charge < -0.3 is 20.9 Å². The molecule has 182 valence electrons. The van der Waals surface area contributed by atoms with Crippen LogP contribution in [-0.2, 0) is 6.54 Å². The maximum Gasteiger partial charge on any atom is 0.253 e. The predicted molar refractivity (Wildman–Crippen MR) is 143 cm³/mol. The van der Waals surface area contributed by atoms with Gasteiger partial charge in [0.05, 0.1) is 11.3 Å². The van der Waals surface area contributed by atoms with Crippen LogP contribution in [0.4, 0.5) is 5.82 Å². The molecule has 8 nitrogen and oxygen atoms in total. The molecule has 2 aromatic heterocycles. The lowest BCUT2D eigenvalue weighted by Crippen LogP contribution is -2.29. The van der Waals surface area contributed by atoms with E-state index in [2.05, 4.69) is 29.8 Å². The number of benzene rings is 1. The fraction of sp³-hybridized carbons (Fsp3) is 0.269. The van der Waals surface area contributed by atoms with Crippen molar-refractivity contribution in [3.63, 3.8) is 0 Å². The van der Waals surface area contributed by atoms with Crippen LogP contribution in [-0.4, -0.2) is 40.7 Å². The zero-order chi connectivity index (χ0) is 25.7. The Balaban J connectivity index is 2.02. The lowest BCUT2D eigenvalue weighted by molar-refractivity contribution is 0.0946. The summed E-state index contributed by atoms with van der Waals surface area (Å²) in [5.74, 6) is 1.66. The summed E-state index contributed by atoms with van der Waals surface area (Å²) in [5, 5.41) is 8.76. The minimum absolute atomic E-state index is 0.0726. The minimum atomic E-state index is -0.341. The first-order valence-corrected chi connectivity index (χ1v) is 11.8. The van der Waals surface area contributed by atoms with Gasteiger partial charge in [-0.25, -0.2) is 4.98 Å². The molecule has 0 radical (unpaired) electrons. The summed E-state index contributed by atoms with van der Waals surface area (Å²) in [6.07, 6.45) is 0. The highest BCUT2D eigenvalue weighted by molar-refractivity contribution is 7.19. The third-order valence-corrected chi connectivity index (χ3v) is 5.75. The van der Waals surface area contributed by atoms with Crippen LogP contribution < -0.4 is 21.5 Å². The molecule has 9 heteroatoms. The second kappa shape index (κ2) is 11.1. The van der Waals surface area contributed by atoms with Gasteiger partial charge in [0, 0.05) is 47.6 Å². The number of aromatic amines is 1. The molecule has 0 spiro atoms. The first-order chi connectivity index (χ1) is 16.6. The Morgan fingerprint density at radius 2 is 1.80 bits per heavy atom. The molecule has 0 aliphatic rings. The highest BCUT2D eigenvalue weighted by Gasteiger charge is 2.19. The Hall–Kier alpha value is -3.77. The third-order valence-electron chi connectivity index (χ3n) is 5.46. The fourth-order valence-corrected chi connectivity index (χ4v) is 4.01. The second-order valence-corrected chi connectivity index (χ2v) is 8.83. The van der Waals surface area contributed by atoms with Crippen molar-refractivity contribution in [3.8, 4) is 11.3 Å². The van der Waals surface area contributed by atoms with Crippen LogP contribution in [0.3, 0.4) is 0 Å². The van der Waals surface area contributed by atoms with Gasteiger partial charge in [-0.3, -0.25) is 14.4 Å². The average molecular weight is 492 g/mol. The first-order valence-electron chi connectivity index (χ1n) is 11.3. The number of amides is 2. The number of H-pyrrole nitrogens is 1. The average Bonchev–Trinajstić information content (AvgIpc) is 2.82. The highest BCUT2D eigenvalue weighted by atomic mass is 31.0. The van der Waals surface area contributed by atoms with Crippen molar-refractivity contribution in [3.05, 3.63) is 80.3 Å². The van der Waals surface area contributed by atoms with Crippen molar-refractivity contribution < 1.29 is 9.59 Å². The van der Waals surface area contributed by atoms with E-state index < -0.39 is 0 Å². The molecular formula is C26H30N5O3P. The van der Waals surface area contributed by atoms with E-state index in [9.17, 15) is 14.4 Å². The van der Waals surface area contributed by atoms with E-state index in [1.165, 1.54) is 0 Å². The van der Waals surface area contributed by atoms with Crippen molar-refractivity contribution in [1.82, 2.24) is 20.6 Å². The molecule has 2 heterocycles. The summed E-state index contributed by atoms with van der Waals surface area (Å²) in [6.45, 7) is 7.72. The standard InChI is InChI=1S/C26H30N5O3P/c1-14(2)29-23-21(13-35)19(25(33)28-12-20-15(3)10-16(4)30-26(20)34)11-22(31-23)17-6-8-18(9-7-17)24(32)27-5/h6-11,13-14,35H,12H2,1-5H3,(H,27,32)(H,28,33)(H,29,31)(H,30,34). The van der Waals surface area contributed by atoms with E-state index in [4.69, 9.17) is 4.98 Å². The molecule has 0 saturated heterocycles. The number of hydrogen-bond acceptors (Lipinski definition) is 5. The van der Waals surface area contributed by atoms with Crippen LogP contribution in [0.25, 0.3) is 11.3 Å². The Kier molecular flexibility index (Phi) is 8.20. The van der Waals surface area contributed by atoms with Crippen LogP contribution in [0.1, 0.15) is 56.9 Å². The smallest absolute Gasteiger partial charge is 0.253 e. The number of aromatic nitrogens is 2. The molecule has 0 aliphatic heterocycles. The molecule has 0 saturated carbocycles. The Labute approximate surface area is 206 Å². The van der Waals surface area contributed by atoms with Gasteiger partial charge in [0.25, 0.3) is 17.4 Å². The van der Waals surface area contributed by atoms with Crippen LogP contribution >= 0.6 is 8.86 Å². The third kappa shape index (κ3) is 6.03. The summed E-state index contributed by atoms with van der Waals surface area (Å²) in [5.41, 5.74) is 4.71. The van der Waals surface area contributed by atoms with E-state index in [1.807, 2.05) is 33.8 Å². The van der Waals surface area contributed by atoms with Crippen molar-refractivity contribution in [2.24, 2.45) is 0 Å². The number of nitrogens with one attached hydrogen (secondary N) is 4. The fourth-order valence-electron chi connectivity index (χ4n) is 3.72. The summed E-state index contributed by atoms with van der Waals surface area (Å²) >= 11 is 0. The van der Waals surface area contributed by atoms with E-state index in [-0.39, 0.29) is 30.0 Å². The quantitative estimate of drug-likeness (QED) is 0.360. The molecule has 2 amide bonds. The summed E-state index contributed by atoms with van der Waals surface area (Å²) in [4.78, 5) is 45.1. The molecule has 0 fully saturated rings. The number of carbonyl (C=O) groups excluding carboxylic acids is 2. The Bertz CT molecular complexity index is 1330. The predicted octanol–water partition coefficient (Wildman–Crippen LogP) is 3.46.